The van der Waals surface area contributed by atoms with Crippen LogP contribution in [-0.2, 0) is 0 Å². The van der Waals surface area contributed by atoms with Crippen LogP contribution in [0.25, 0.3) is 22.3 Å². The van der Waals surface area contributed by atoms with Gasteiger partial charge >= 0.3 is 0 Å². The molecule has 0 saturated carbocycles. The summed E-state index contributed by atoms with van der Waals surface area (Å²) in [5, 5.41) is 5.97. The molecular formula is C21H16ClN5. The molecule has 0 unspecified atom stereocenters. The molecule has 4 rings (SSSR count). The number of nitrogens with zero attached hydrogens (tertiary/aromatic N) is 4. The van der Waals surface area contributed by atoms with Gasteiger partial charge in [0, 0.05) is 22.8 Å². The van der Waals surface area contributed by atoms with Gasteiger partial charge in [0.05, 0.1) is 17.6 Å². The number of nitrogens with one attached hydrogen (secondary N) is 1. The molecule has 0 radical (unpaired) electrons. The number of hydrazone groups is 1. The Hall–Kier alpha value is -3.31. The first kappa shape index (κ1) is 17.1. The van der Waals surface area contributed by atoms with Gasteiger partial charge in [-0.3, -0.25) is 15.4 Å². The third-order valence-electron chi connectivity index (χ3n) is 4.09. The fraction of sp³-hybridized carbons (Fsp3) is 0.0476. The highest BCUT2D eigenvalue weighted by molar-refractivity contribution is 6.30. The van der Waals surface area contributed by atoms with E-state index in [1.807, 2.05) is 61.5 Å². The molecule has 0 atom stereocenters. The van der Waals surface area contributed by atoms with E-state index in [0.717, 1.165) is 33.4 Å². The number of fused-ring (bicyclic) bond motifs is 1. The van der Waals surface area contributed by atoms with Crippen LogP contribution in [0.5, 0.6) is 0 Å². The van der Waals surface area contributed by atoms with Crippen molar-refractivity contribution >= 4 is 34.5 Å². The normalized spacial score (nSPS) is 11.2. The van der Waals surface area contributed by atoms with E-state index in [0.29, 0.717) is 10.8 Å². The molecule has 5 nitrogen and oxygen atoms in total. The van der Waals surface area contributed by atoms with Gasteiger partial charge < -0.3 is 0 Å². The van der Waals surface area contributed by atoms with Crippen molar-refractivity contribution in [2.24, 2.45) is 5.10 Å². The SMILES string of the molecule is Cc1cccnc1-c1cc2cccnc2c(N/N=C/c2ccc(Cl)cc2)n1. The molecule has 3 aromatic heterocycles. The molecule has 0 spiro atoms. The Labute approximate surface area is 161 Å². The number of halogens is 1. The van der Waals surface area contributed by atoms with Gasteiger partial charge in [-0.2, -0.15) is 5.10 Å². The summed E-state index contributed by atoms with van der Waals surface area (Å²) in [6.45, 7) is 2.02. The average molecular weight is 374 g/mol. The van der Waals surface area contributed by atoms with Crippen LogP contribution in [0.1, 0.15) is 11.1 Å². The fourth-order valence-electron chi connectivity index (χ4n) is 2.75. The Kier molecular flexibility index (Phi) is 4.77. The number of anilines is 1. The highest BCUT2D eigenvalue weighted by Crippen LogP contribution is 2.27. The van der Waals surface area contributed by atoms with E-state index in [4.69, 9.17) is 16.6 Å². The molecule has 0 bridgehead atoms. The summed E-state index contributed by atoms with van der Waals surface area (Å²) in [5.41, 5.74) is 7.38. The fourth-order valence-corrected chi connectivity index (χ4v) is 2.88. The predicted molar refractivity (Wildman–Crippen MR) is 110 cm³/mol. The Bertz CT molecular complexity index is 1120. The number of hydrogen-bond donors (Lipinski definition) is 1. The first-order chi connectivity index (χ1) is 13.2. The maximum absolute atomic E-state index is 5.91. The van der Waals surface area contributed by atoms with Gasteiger partial charge in [0.1, 0.15) is 5.52 Å². The second kappa shape index (κ2) is 7.51. The smallest absolute Gasteiger partial charge is 0.173 e. The quantitative estimate of drug-likeness (QED) is 0.399. The van der Waals surface area contributed by atoms with Crippen molar-refractivity contribution < 1.29 is 0 Å². The van der Waals surface area contributed by atoms with Crippen LogP contribution in [0, 0.1) is 6.92 Å². The average Bonchev–Trinajstić information content (AvgIpc) is 2.69. The lowest BCUT2D eigenvalue weighted by Gasteiger charge is -2.09. The van der Waals surface area contributed by atoms with Gasteiger partial charge in [-0.15, -0.1) is 0 Å². The second-order valence-corrected chi connectivity index (χ2v) is 6.46. The van der Waals surface area contributed by atoms with E-state index in [-0.39, 0.29) is 0 Å². The molecule has 132 valence electrons. The third kappa shape index (κ3) is 3.78. The van der Waals surface area contributed by atoms with Crippen molar-refractivity contribution in [2.45, 2.75) is 6.92 Å². The largest absolute Gasteiger partial charge is 0.260 e. The van der Waals surface area contributed by atoms with E-state index in [2.05, 4.69) is 20.5 Å². The highest BCUT2D eigenvalue weighted by atomic mass is 35.5. The Morgan fingerprint density at radius 3 is 2.59 bits per heavy atom. The Morgan fingerprint density at radius 1 is 1.00 bits per heavy atom. The van der Waals surface area contributed by atoms with Crippen LogP contribution in [-0.4, -0.2) is 21.2 Å². The number of aromatic nitrogens is 3. The number of pyridine rings is 3. The minimum Gasteiger partial charge on any atom is -0.260 e. The monoisotopic (exact) mass is 373 g/mol. The molecule has 27 heavy (non-hydrogen) atoms. The van der Waals surface area contributed by atoms with Crippen molar-refractivity contribution in [1.82, 2.24) is 15.0 Å². The maximum Gasteiger partial charge on any atom is 0.173 e. The zero-order valence-electron chi connectivity index (χ0n) is 14.6. The molecule has 6 heteroatoms. The van der Waals surface area contributed by atoms with E-state index >= 15 is 0 Å². The molecule has 3 heterocycles. The summed E-state index contributed by atoms with van der Waals surface area (Å²) in [6, 6.07) is 17.3. The summed E-state index contributed by atoms with van der Waals surface area (Å²) in [6.07, 6.45) is 5.22. The molecule has 0 aliphatic carbocycles. The van der Waals surface area contributed by atoms with Crippen LogP contribution in [0.4, 0.5) is 5.82 Å². The molecule has 0 aliphatic heterocycles. The van der Waals surface area contributed by atoms with Crippen molar-refractivity contribution in [2.75, 3.05) is 5.43 Å². The first-order valence-corrected chi connectivity index (χ1v) is 8.81. The van der Waals surface area contributed by atoms with Crippen molar-refractivity contribution in [1.29, 1.82) is 0 Å². The number of benzene rings is 1. The van der Waals surface area contributed by atoms with Crippen LogP contribution < -0.4 is 5.43 Å². The summed E-state index contributed by atoms with van der Waals surface area (Å²) >= 11 is 5.91. The minimum atomic E-state index is 0.582. The molecule has 1 N–H and O–H groups in total. The zero-order chi connectivity index (χ0) is 18.6. The lowest BCUT2D eigenvalue weighted by atomic mass is 10.1. The molecule has 0 saturated heterocycles. The zero-order valence-corrected chi connectivity index (χ0v) is 15.4. The molecular weight excluding hydrogens is 358 g/mol. The number of aryl methyl sites for hydroxylation is 1. The molecule has 0 aliphatic rings. The van der Waals surface area contributed by atoms with E-state index in [1.54, 1.807) is 18.6 Å². The molecule has 0 amide bonds. The van der Waals surface area contributed by atoms with Gasteiger partial charge in [0.15, 0.2) is 5.82 Å². The lowest BCUT2D eigenvalue weighted by Crippen LogP contribution is -1.99. The predicted octanol–water partition coefficient (Wildman–Crippen LogP) is 5.10. The van der Waals surface area contributed by atoms with Gasteiger partial charge in [-0.05, 0) is 48.4 Å². The van der Waals surface area contributed by atoms with Crippen LogP contribution in [0.3, 0.4) is 0 Å². The summed E-state index contributed by atoms with van der Waals surface area (Å²) in [5.74, 6) is 0.582. The topological polar surface area (TPSA) is 63.1 Å². The standard InChI is InChI=1S/C21H16ClN5/c1-14-4-2-10-23-19(14)18-12-16-5-3-11-24-20(16)21(26-18)27-25-13-15-6-8-17(22)9-7-15/h2-13H,1H3,(H,26,27)/b25-13+. The van der Waals surface area contributed by atoms with E-state index in [9.17, 15) is 0 Å². The van der Waals surface area contributed by atoms with Gasteiger partial charge in [-0.1, -0.05) is 35.9 Å². The van der Waals surface area contributed by atoms with Crippen LogP contribution >= 0.6 is 11.6 Å². The van der Waals surface area contributed by atoms with E-state index in [1.165, 1.54) is 0 Å². The third-order valence-corrected chi connectivity index (χ3v) is 4.35. The minimum absolute atomic E-state index is 0.582. The molecule has 0 fully saturated rings. The number of hydrogen-bond acceptors (Lipinski definition) is 5. The summed E-state index contributed by atoms with van der Waals surface area (Å²) in [7, 11) is 0. The highest BCUT2D eigenvalue weighted by Gasteiger charge is 2.10. The Morgan fingerprint density at radius 2 is 1.78 bits per heavy atom. The van der Waals surface area contributed by atoms with Gasteiger partial charge in [0.25, 0.3) is 0 Å². The molecule has 4 aromatic rings. The van der Waals surface area contributed by atoms with Crippen LogP contribution in [0.2, 0.25) is 5.02 Å². The van der Waals surface area contributed by atoms with Crippen molar-refractivity contribution in [3.05, 3.63) is 83.1 Å². The van der Waals surface area contributed by atoms with Crippen molar-refractivity contribution in [3.8, 4) is 11.4 Å². The van der Waals surface area contributed by atoms with Gasteiger partial charge in [0.2, 0.25) is 0 Å². The molecule has 1 aromatic carbocycles. The Balaban J connectivity index is 1.72. The lowest BCUT2D eigenvalue weighted by molar-refractivity contribution is 1.19. The summed E-state index contributed by atoms with van der Waals surface area (Å²) in [4.78, 5) is 13.6. The van der Waals surface area contributed by atoms with Gasteiger partial charge in [-0.25, -0.2) is 4.98 Å². The second-order valence-electron chi connectivity index (χ2n) is 6.02. The number of rotatable bonds is 4. The maximum atomic E-state index is 5.91. The summed E-state index contributed by atoms with van der Waals surface area (Å²) < 4.78 is 0. The van der Waals surface area contributed by atoms with Crippen LogP contribution in [0.15, 0.2) is 72.1 Å². The van der Waals surface area contributed by atoms with E-state index < -0.39 is 0 Å². The first-order valence-electron chi connectivity index (χ1n) is 8.43. The van der Waals surface area contributed by atoms with Crippen molar-refractivity contribution in [3.63, 3.8) is 0 Å².